The molecular formula is C26H28N2O5S. The summed E-state index contributed by atoms with van der Waals surface area (Å²) in [6.45, 7) is 3.38. The number of hydrogen-bond donors (Lipinski definition) is 1. The van der Waals surface area contributed by atoms with Crippen LogP contribution in [0.4, 0.5) is 5.69 Å². The molecule has 0 bridgehead atoms. The molecule has 1 N–H and O–H groups in total. The summed E-state index contributed by atoms with van der Waals surface area (Å²) in [5.41, 5.74) is 1.23. The quantitative estimate of drug-likeness (QED) is 0.369. The van der Waals surface area contributed by atoms with Gasteiger partial charge in [-0.1, -0.05) is 36.4 Å². The van der Waals surface area contributed by atoms with Gasteiger partial charge in [-0.3, -0.25) is 24.5 Å². The number of aryl methyl sites for hydroxylation is 1. The molecule has 0 saturated carbocycles. The topological polar surface area (TPSA) is 92.8 Å². The minimum Gasteiger partial charge on any atom is -0.468 e. The van der Waals surface area contributed by atoms with Gasteiger partial charge in [0.1, 0.15) is 5.54 Å². The molecule has 0 aromatic heterocycles. The molecule has 178 valence electrons. The van der Waals surface area contributed by atoms with Crippen LogP contribution in [0.2, 0.25) is 0 Å². The minimum atomic E-state index is -1.34. The van der Waals surface area contributed by atoms with Crippen LogP contribution in [-0.4, -0.2) is 48.2 Å². The molecule has 7 nitrogen and oxygen atoms in total. The Hall–Kier alpha value is -2.97. The number of fused-ring (bicyclic) bond motifs is 1. The predicted molar refractivity (Wildman–Crippen MR) is 131 cm³/mol. The van der Waals surface area contributed by atoms with E-state index in [-0.39, 0.29) is 11.7 Å². The molecule has 0 aliphatic carbocycles. The molecule has 2 saturated heterocycles. The number of rotatable bonds is 7. The number of thioether (sulfide) groups is 1. The molecule has 0 spiro atoms. The lowest BCUT2D eigenvalue weighted by Gasteiger charge is -2.32. The molecule has 4 atom stereocenters. The van der Waals surface area contributed by atoms with Gasteiger partial charge in [-0.05, 0) is 55.5 Å². The predicted octanol–water partition coefficient (Wildman–Crippen LogP) is 3.31. The Morgan fingerprint density at radius 1 is 1.12 bits per heavy atom. The standard InChI is InChI=1S/C26H28N2O5S/c1-15-8-5-6-11-19(15)22-20-21(26(27-22,12-13-34-4)25(32)33-3)24(31)28(23(20)30)18-10-7-9-17(14-18)16(2)29/h5-11,14,20-22,27H,12-13H2,1-4H3/t20-,21+,22+,26+/m1/s1. The number of methoxy groups -OCH3 is 1. The molecule has 0 radical (unpaired) electrons. The SMILES string of the molecule is COC(=O)[C@@]1(CCSC)N[C@@H](c2ccccc2C)[C@@H]2C(=O)N(c3cccc(C(C)=O)c3)C(=O)[C@H]21. The summed E-state index contributed by atoms with van der Waals surface area (Å²) in [5, 5.41) is 3.40. The van der Waals surface area contributed by atoms with Gasteiger partial charge in [0.15, 0.2) is 5.78 Å². The van der Waals surface area contributed by atoms with E-state index in [1.54, 1.807) is 36.0 Å². The number of nitrogens with zero attached hydrogens (tertiary/aromatic N) is 1. The van der Waals surface area contributed by atoms with Crippen LogP contribution in [0.25, 0.3) is 0 Å². The molecule has 34 heavy (non-hydrogen) atoms. The summed E-state index contributed by atoms with van der Waals surface area (Å²) >= 11 is 1.56. The number of ketones is 1. The Morgan fingerprint density at radius 2 is 1.85 bits per heavy atom. The van der Waals surface area contributed by atoms with E-state index in [0.29, 0.717) is 23.4 Å². The molecule has 2 amide bonds. The van der Waals surface area contributed by atoms with Crippen LogP contribution in [-0.2, 0) is 19.1 Å². The second-order valence-electron chi connectivity index (χ2n) is 8.81. The van der Waals surface area contributed by atoms with Gasteiger partial charge in [0.05, 0.1) is 24.6 Å². The fourth-order valence-corrected chi connectivity index (χ4v) is 5.81. The van der Waals surface area contributed by atoms with Crippen molar-refractivity contribution in [2.45, 2.75) is 31.8 Å². The molecular weight excluding hydrogens is 452 g/mol. The largest absolute Gasteiger partial charge is 0.468 e. The summed E-state index contributed by atoms with van der Waals surface area (Å²) in [6.07, 6.45) is 2.27. The first-order chi connectivity index (χ1) is 16.3. The first-order valence-electron chi connectivity index (χ1n) is 11.2. The third-order valence-corrected chi connectivity index (χ3v) is 7.55. The smallest absolute Gasteiger partial charge is 0.326 e. The maximum Gasteiger partial charge on any atom is 0.326 e. The van der Waals surface area contributed by atoms with E-state index >= 15 is 0 Å². The third-order valence-electron chi connectivity index (χ3n) is 6.94. The second kappa shape index (κ2) is 9.35. The van der Waals surface area contributed by atoms with Gasteiger partial charge < -0.3 is 4.74 Å². The summed E-state index contributed by atoms with van der Waals surface area (Å²) in [5.74, 6) is -2.65. The lowest BCUT2D eigenvalue weighted by Crippen LogP contribution is -2.56. The number of nitrogens with one attached hydrogen (secondary N) is 1. The summed E-state index contributed by atoms with van der Waals surface area (Å²) in [7, 11) is 1.30. The van der Waals surface area contributed by atoms with Crippen LogP contribution in [0.1, 0.15) is 40.9 Å². The Morgan fingerprint density at radius 3 is 2.50 bits per heavy atom. The molecule has 2 heterocycles. The molecule has 2 aliphatic heterocycles. The van der Waals surface area contributed by atoms with Gasteiger partial charge in [-0.25, -0.2) is 4.90 Å². The lowest BCUT2D eigenvalue weighted by molar-refractivity contribution is -0.152. The fraction of sp³-hybridized carbons (Fsp3) is 0.385. The summed E-state index contributed by atoms with van der Waals surface area (Å²) < 4.78 is 5.19. The number of anilines is 1. The number of carbonyl (C=O) groups is 4. The van der Waals surface area contributed by atoms with Gasteiger partial charge >= 0.3 is 5.97 Å². The van der Waals surface area contributed by atoms with Crippen molar-refractivity contribution in [3.63, 3.8) is 0 Å². The van der Waals surface area contributed by atoms with Crippen LogP contribution in [0, 0.1) is 18.8 Å². The Kier molecular flexibility index (Phi) is 6.64. The van der Waals surface area contributed by atoms with E-state index < -0.39 is 35.3 Å². The van der Waals surface area contributed by atoms with Crippen molar-refractivity contribution in [1.29, 1.82) is 0 Å². The number of ether oxygens (including phenoxy) is 1. The summed E-state index contributed by atoms with van der Waals surface area (Å²) in [6, 6.07) is 13.6. The summed E-state index contributed by atoms with van der Waals surface area (Å²) in [4.78, 5) is 54.1. The Bertz CT molecular complexity index is 1170. The van der Waals surface area contributed by atoms with Crippen LogP contribution in [0.15, 0.2) is 48.5 Å². The zero-order valence-corrected chi connectivity index (χ0v) is 20.5. The molecule has 2 fully saturated rings. The van der Waals surface area contributed by atoms with Gasteiger partial charge in [0.25, 0.3) is 0 Å². The number of imide groups is 1. The molecule has 2 aliphatic rings. The number of carbonyl (C=O) groups excluding carboxylic acids is 4. The van der Waals surface area contributed by atoms with Crippen molar-refractivity contribution in [3.8, 4) is 0 Å². The van der Waals surface area contributed by atoms with Crippen molar-refractivity contribution in [1.82, 2.24) is 5.32 Å². The van der Waals surface area contributed by atoms with Gasteiger partial charge in [0.2, 0.25) is 11.8 Å². The van der Waals surface area contributed by atoms with Crippen LogP contribution >= 0.6 is 11.8 Å². The normalized spacial score (nSPS) is 26.0. The maximum absolute atomic E-state index is 13.9. The lowest BCUT2D eigenvalue weighted by atomic mass is 9.77. The van der Waals surface area contributed by atoms with Gasteiger partial charge in [-0.2, -0.15) is 11.8 Å². The van der Waals surface area contributed by atoms with Crippen molar-refractivity contribution in [2.75, 3.05) is 24.0 Å². The number of hydrogen-bond acceptors (Lipinski definition) is 7. The van der Waals surface area contributed by atoms with Gasteiger partial charge in [0, 0.05) is 11.6 Å². The molecule has 0 unspecified atom stereocenters. The molecule has 8 heteroatoms. The zero-order chi connectivity index (χ0) is 24.6. The first-order valence-corrected chi connectivity index (χ1v) is 12.6. The highest BCUT2D eigenvalue weighted by molar-refractivity contribution is 7.98. The highest BCUT2D eigenvalue weighted by Gasteiger charge is 2.68. The van der Waals surface area contributed by atoms with E-state index in [2.05, 4.69) is 5.32 Å². The number of Topliss-reactive ketones (excluding diaryl/α,β-unsaturated/α-hetero) is 1. The minimum absolute atomic E-state index is 0.163. The van der Waals surface area contributed by atoms with E-state index in [1.165, 1.54) is 14.0 Å². The van der Waals surface area contributed by atoms with E-state index in [9.17, 15) is 19.2 Å². The second-order valence-corrected chi connectivity index (χ2v) is 9.79. The first kappa shape index (κ1) is 24.2. The van der Waals surface area contributed by atoms with Crippen molar-refractivity contribution in [3.05, 3.63) is 65.2 Å². The fourth-order valence-electron chi connectivity index (χ4n) is 5.29. The van der Waals surface area contributed by atoms with E-state index in [0.717, 1.165) is 16.0 Å². The monoisotopic (exact) mass is 480 g/mol. The van der Waals surface area contributed by atoms with Crippen molar-refractivity contribution >= 4 is 41.0 Å². The van der Waals surface area contributed by atoms with Crippen LogP contribution in [0.3, 0.4) is 0 Å². The van der Waals surface area contributed by atoms with Crippen molar-refractivity contribution in [2.24, 2.45) is 11.8 Å². The average Bonchev–Trinajstić information content (AvgIpc) is 3.31. The Labute approximate surface area is 203 Å². The Balaban J connectivity index is 1.88. The zero-order valence-electron chi connectivity index (χ0n) is 19.7. The van der Waals surface area contributed by atoms with Crippen LogP contribution < -0.4 is 10.2 Å². The van der Waals surface area contributed by atoms with E-state index in [4.69, 9.17) is 4.74 Å². The van der Waals surface area contributed by atoms with Crippen molar-refractivity contribution < 1.29 is 23.9 Å². The number of amides is 2. The molecule has 2 aromatic carbocycles. The highest BCUT2D eigenvalue weighted by Crippen LogP contribution is 2.52. The average molecular weight is 481 g/mol. The van der Waals surface area contributed by atoms with Crippen LogP contribution in [0.5, 0.6) is 0 Å². The number of esters is 1. The number of benzene rings is 2. The molecule has 4 rings (SSSR count). The molecule has 2 aromatic rings. The van der Waals surface area contributed by atoms with Gasteiger partial charge in [-0.15, -0.1) is 0 Å². The third kappa shape index (κ3) is 3.75. The highest BCUT2D eigenvalue weighted by atomic mass is 32.2. The maximum atomic E-state index is 13.9. The van der Waals surface area contributed by atoms with E-state index in [1.807, 2.05) is 37.4 Å².